The van der Waals surface area contributed by atoms with E-state index in [-0.39, 0.29) is 27.8 Å². The number of nitrogens with zero attached hydrogens (tertiary/aromatic N) is 1. The third kappa shape index (κ3) is 3.82. The molecule has 6 nitrogen and oxygen atoms in total. The van der Waals surface area contributed by atoms with Gasteiger partial charge in [-0.15, -0.1) is 11.3 Å². The fraction of sp³-hybridized carbons (Fsp3) is 0.688. The van der Waals surface area contributed by atoms with Crippen molar-refractivity contribution in [2.75, 3.05) is 13.1 Å². The number of nitrogens with one attached hydrogen (secondary N) is 1. The van der Waals surface area contributed by atoms with Gasteiger partial charge in [-0.1, -0.05) is 6.42 Å². The van der Waals surface area contributed by atoms with Crippen LogP contribution in [-0.4, -0.2) is 49.0 Å². The summed E-state index contributed by atoms with van der Waals surface area (Å²) in [7, 11) is -3.60. The number of rotatable bonds is 4. The average molecular weight is 373 g/mol. The van der Waals surface area contributed by atoms with E-state index < -0.39 is 10.0 Å². The number of aliphatic hydroxyl groups is 1. The maximum Gasteiger partial charge on any atom is 0.262 e. The van der Waals surface area contributed by atoms with E-state index in [4.69, 9.17) is 0 Å². The van der Waals surface area contributed by atoms with Crippen LogP contribution in [0.1, 0.15) is 54.6 Å². The van der Waals surface area contributed by atoms with E-state index in [1.165, 1.54) is 21.7 Å². The largest absolute Gasteiger partial charge is 0.393 e. The lowest BCUT2D eigenvalue weighted by Gasteiger charge is -2.27. The molecule has 2 N–H and O–H groups in total. The fourth-order valence-electron chi connectivity index (χ4n) is 3.38. The van der Waals surface area contributed by atoms with Crippen LogP contribution < -0.4 is 5.32 Å². The van der Waals surface area contributed by atoms with Crippen LogP contribution in [0, 0.1) is 0 Å². The number of amides is 1. The summed E-state index contributed by atoms with van der Waals surface area (Å²) in [6.45, 7) is 1.06. The molecule has 1 saturated carbocycles. The lowest BCUT2D eigenvalue weighted by molar-refractivity contribution is 0.0868. The highest BCUT2D eigenvalue weighted by molar-refractivity contribution is 7.89. The van der Waals surface area contributed by atoms with Crippen molar-refractivity contribution >= 4 is 27.3 Å². The van der Waals surface area contributed by atoms with Crippen LogP contribution in [-0.2, 0) is 10.0 Å². The first-order valence-corrected chi connectivity index (χ1v) is 10.9. The van der Waals surface area contributed by atoms with Gasteiger partial charge in [-0.2, -0.15) is 4.31 Å². The normalized spacial score (nSPS) is 26.2. The van der Waals surface area contributed by atoms with Gasteiger partial charge in [0.05, 0.1) is 6.10 Å². The van der Waals surface area contributed by atoms with Crippen LogP contribution in [0.4, 0.5) is 0 Å². The zero-order valence-electron chi connectivity index (χ0n) is 13.6. The Morgan fingerprint density at radius 2 is 1.83 bits per heavy atom. The van der Waals surface area contributed by atoms with E-state index in [0.29, 0.717) is 25.9 Å². The Bertz CT molecular complexity index is 672. The Hall–Kier alpha value is -0.960. The molecule has 1 aromatic rings. The van der Waals surface area contributed by atoms with Gasteiger partial charge < -0.3 is 10.4 Å². The summed E-state index contributed by atoms with van der Waals surface area (Å²) in [5.74, 6) is -0.318. The number of piperidine rings is 1. The number of hydrogen-bond acceptors (Lipinski definition) is 5. The molecule has 1 aromatic heterocycles. The van der Waals surface area contributed by atoms with Crippen LogP contribution in [0.25, 0.3) is 0 Å². The molecule has 1 aliphatic heterocycles. The number of carbonyl (C=O) groups excluding carboxylic acids is 1. The predicted octanol–water partition coefficient (Wildman–Crippen LogP) is 1.96. The maximum atomic E-state index is 12.8. The maximum absolute atomic E-state index is 12.8. The molecule has 134 valence electrons. The van der Waals surface area contributed by atoms with Crippen molar-refractivity contribution < 1.29 is 18.3 Å². The molecule has 1 aliphatic carbocycles. The highest BCUT2D eigenvalue weighted by atomic mass is 32.2. The molecule has 0 spiro atoms. The molecule has 3 rings (SSSR count). The van der Waals surface area contributed by atoms with Crippen LogP contribution in [0.3, 0.4) is 0 Å². The predicted molar refractivity (Wildman–Crippen MR) is 92.7 cm³/mol. The topological polar surface area (TPSA) is 86.7 Å². The lowest BCUT2D eigenvalue weighted by Crippen LogP contribution is -2.40. The summed E-state index contributed by atoms with van der Waals surface area (Å²) in [4.78, 5) is 13.0. The highest BCUT2D eigenvalue weighted by Gasteiger charge is 2.31. The number of hydrogen-bond donors (Lipinski definition) is 2. The second-order valence-electron chi connectivity index (χ2n) is 6.56. The second-order valence-corrected chi connectivity index (χ2v) is 9.38. The van der Waals surface area contributed by atoms with E-state index in [1.807, 2.05) is 0 Å². The molecule has 2 aliphatic rings. The molecule has 0 radical (unpaired) electrons. The summed E-state index contributed by atoms with van der Waals surface area (Å²) < 4.78 is 27.1. The van der Waals surface area contributed by atoms with E-state index in [2.05, 4.69) is 5.32 Å². The van der Waals surface area contributed by atoms with Crippen molar-refractivity contribution in [3.05, 3.63) is 16.3 Å². The van der Waals surface area contributed by atoms with Crippen LogP contribution in [0.2, 0.25) is 0 Å². The Balaban J connectivity index is 1.73. The minimum Gasteiger partial charge on any atom is -0.393 e. The Morgan fingerprint density at radius 1 is 1.17 bits per heavy atom. The summed E-state index contributed by atoms with van der Waals surface area (Å²) in [6.07, 6.45) is 5.32. The molecular formula is C16H24N2O4S2. The van der Waals surface area contributed by atoms with Crippen LogP contribution in [0.5, 0.6) is 0 Å². The number of carbonyl (C=O) groups is 1. The molecule has 0 aromatic carbocycles. The van der Waals surface area contributed by atoms with E-state index in [0.717, 1.165) is 32.1 Å². The zero-order valence-corrected chi connectivity index (χ0v) is 15.2. The van der Waals surface area contributed by atoms with Gasteiger partial charge in [-0.25, -0.2) is 8.42 Å². The Labute approximate surface area is 146 Å². The van der Waals surface area contributed by atoms with Gasteiger partial charge in [0.1, 0.15) is 9.77 Å². The first kappa shape index (κ1) is 17.8. The van der Waals surface area contributed by atoms with Gasteiger partial charge in [0, 0.05) is 19.1 Å². The number of sulfonamides is 1. The average Bonchev–Trinajstić information content (AvgIpc) is 3.08. The van der Waals surface area contributed by atoms with Crippen molar-refractivity contribution in [2.45, 2.75) is 62.0 Å². The number of aliphatic hydroxyl groups excluding tert-OH is 1. The monoisotopic (exact) mass is 372 g/mol. The third-order valence-electron chi connectivity index (χ3n) is 4.80. The van der Waals surface area contributed by atoms with Crippen molar-refractivity contribution in [2.24, 2.45) is 0 Å². The van der Waals surface area contributed by atoms with E-state index in [1.54, 1.807) is 5.38 Å². The van der Waals surface area contributed by atoms with Crippen molar-refractivity contribution in [1.29, 1.82) is 0 Å². The minimum atomic E-state index is -3.60. The molecule has 24 heavy (non-hydrogen) atoms. The SMILES string of the molecule is O=C(NC1CCC(O)CC1)c1sccc1S(=O)(=O)N1CCCCC1. The molecule has 0 atom stereocenters. The van der Waals surface area contributed by atoms with Gasteiger partial charge in [-0.05, 0) is 50.0 Å². The quantitative estimate of drug-likeness (QED) is 0.846. The Morgan fingerprint density at radius 3 is 2.50 bits per heavy atom. The van der Waals surface area contributed by atoms with Crippen LogP contribution in [0.15, 0.2) is 16.3 Å². The molecule has 1 saturated heterocycles. The molecule has 8 heteroatoms. The molecule has 0 bridgehead atoms. The smallest absolute Gasteiger partial charge is 0.262 e. The minimum absolute atomic E-state index is 0.00791. The third-order valence-corrected chi connectivity index (χ3v) is 7.78. The van der Waals surface area contributed by atoms with Gasteiger partial charge in [0.25, 0.3) is 5.91 Å². The number of thiophene rings is 1. The molecule has 2 heterocycles. The Kier molecular flexibility index (Phi) is 5.59. The lowest BCUT2D eigenvalue weighted by atomic mass is 9.93. The summed E-state index contributed by atoms with van der Waals surface area (Å²) in [6, 6.07) is 1.54. The first-order chi connectivity index (χ1) is 11.5. The molecule has 2 fully saturated rings. The highest BCUT2D eigenvalue weighted by Crippen LogP contribution is 2.28. The summed E-state index contributed by atoms with van der Waals surface area (Å²) in [5, 5.41) is 14.1. The van der Waals surface area contributed by atoms with Gasteiger partial charge in [-0.3, -0.25) is 4.79 Å². The summed E-state index contributed by atoms with van der Waals surface area (Å²) in [5.41, 5.74) is 0. The van der Waals surface area contributed by atoms with Crippen molar-refractivity contribution in [1.82, 2.24) is 9.62 Å². The summed E-state index contributed by atoms with van der Waals surface area (Å²) >= 11 is 1.17. The van der Waals surface area contributed by atoms with E-state index in [9.17, 15) is 18.3 Å². The van der Waals surface area contributed by atoms with Gasteiger partial charge in [0.15, 0.2) is 0 Å². The van der Waals surface area contributed by atoms with Gasteiger partial charge >= 0.3 is 0 Å². The van der Waals surface area contributed by atoms with Crippen molar-refractivity contribution in [3.8, 4) is 0 Å². The van der Waals surface area contributed by atoms with Crippen molar-refractivity contribution in [3.63, 3.8) is 0 Å². The molecule has 1 amide bonds. The van der Waals surface area contributed by atoms with Gasteiger partial charge in [0.2, 0.25) is 10.0 Å². The van der Waals surface area contributed by atoms with Crippen LogP contribution >= 0.6 is 11.3 Å². The standard InChI is InChI=1S/C16H24N2O4S2/c19-13-6-4-12(5-7-13)17-16(20)15-14(8-11-23-15)24(21,22)18-9-2-1-3-10-18/h8,11-13,19H,1-7,9-10H2,(H,17,20). The first-order valence-electron chi connectivity index (χ1n) is 8.55. The van der Waals surface area contributed by atoms with E-state index >= 15 is 0 Å². The fourth-order valence-corrected chi connectivity index (χ4v) is 6.20. The second kappa shape index (κ2) is 7.51. The molecule has 0 unspecified atom stereocenters. The zero-order chi connectivity index (χ0) is 17.2. The molecular weight excluding hydrogens is 348 g/mol.